The number of pyridine rings is 1. The van der Waals surface area contributed by atoms with E-state index in [1.165, 1.54) is 17.8 Å². The van der Waals surface area contributed by atoms with Gasteiger partial charge in [0.05, 0.1) is 13.3 Å². The number of methoxy groups -OCH3 is 1. The molecule has 0 aliphatic heterocycles. The topological polar surface area (TPSA) is 114 Å². The molecule has 9 nitrogen and oxygen atoms in total. The van der Waals surface area contributed by atoms with E-state index < -0.39 is 5.97 Å². The summed E-state index contributed by atoms with van der Waals surface area (Å²) in [7, 11) is 3.23. The van der Waals surface area contributed by atoms with E-state index in [1.54, 1.807) is 31.4 Å². The van der Waals surface area contributed by atoms with E-state index in [0.717, 1.165) is 0 Å². The van der Waals surface area contributed by atoms with Crippen molar-refractivity contribution in [3.05, 3.63) is 36.2 Å². The SMILES string of the molecule is CNc1cc(Nc2cccnc2OC)nc2c(C(=O)O)cnn12. The summed E-state index contributed by atoms with van der Waals surface area (Å²) in [6.07, 6.45) is 2.87. The fourth-order valence-corrected chi connectivity index (χ4v) is 2.14. The highest BCUT2D eigenvalue weighted by molar-refractivity contribution is 5.94. The van der Waals surface area contributed by atoms with E-state index in [1.807, 2.05) is 0 Å². The van der Waals surface area contributed by atoms with Gasteiger partial charge < -0.3 is 20.5 Å². The Labute approximate surface area is 130 Å². The van der Waals surface area contributed by atoms with E-state index >= 15 is 0 Å². The molecule has 0 fully saturated rings. The molecule has 0 amide bonds. The molecule has 23 heavy (non-hydrogen) atoms. The van der Waals surface area contributed by atoms with Crippen molar-refractivity contribution in [2.75, 3.05) is 24.8 Å². The summed E-state index contributed by atoms with van der Waals surface area (Å²) in [4.78, 5) is 19.7. The Hall–Kier alpha value is -3.36. The van der Waals surface area contributed by atoms with Crippen LogP contribution < -0.4 is 15.4 Å². The largest absolute Gasteiger partial charge is 0.480 e. The van der Waals surface area contributed by atoms with Gasteiger partial charge in [0.2, 0.25) is 5.88 Å². The monoisotopic (exact) mass is 314 g/mol. The number of carbonyl (C=O) groups is 1. The lowest BCUT2D eigenvalue weighted by Crippen LogP contribution is -2.06. The lowest BCUT2D eigenvalue weighted by Gasteiger charge is -2.11. The van der Waals surface area contributed by atoms with Crippen molar-refractivity contribution < 1.29 is 14.6 Å². The number of rotatable bonds is 5. The Morgan fingerprint density at radius 1 is 1.43 bits per heavy atom. The lowest BCUT2D eigenvalue weighted by atomic mass is 10.3. The highest BCUT2D eigenvalue weighted by Crippen LogP contribution is 2.26. The van der Waals surface area contributed by atoms with Crippen LogP contribution in [0.4, 0.5) is 17.3 Å². The molecule has 0 aliphatic rings. The Bertz CT molecular complexity index is 876. The Kier molecular flexibility index (Phi) is 3.67. The van der Waals surface area contributed by atoms with Crippen LogP contribution in [0.25, 0.3) is 5.65 Å². The summed E-state index contributed by atoms with van der Waals surface area (Å²) < 4.78 is 6.61. The minimum Gasteiger partial charge on any atom is -0.480 e. The van der Waals surface area contributed by atoms with Gasteiger partial charge in [0.25, 0.3) is 0 Å². The summed E-state index contributed by atoms with van der Waals surface area (Å²) >= 11 is 0. The number of aromatic carboxylic acids is 1. The number of aromatic nitrogens is 4. The maximum atomic E-state index is 11.3. The molecule has 0 atom stereocenters. The average Bonchev–Trinajstić information content (AvgIpc) is 2.98. The third-order valence-electron chi connectivity index (χ3n) is 3.19. The normalized spacial score (nSPS) is 10.5. The van der Waals surface area contributed by atoms with Crippen molar-refractivity contribution in [1.29, 1.82) is 0 Å². The van der Waals surface area contributed by atoms with Crippen LogP contribution in [0, 0.1) is 0 Å². The van der Waals surface area contributed by atoms with Crippen molar-refractivity contribution in [1.82, 2.24) is 19.6 Å². The molecule has 0 saturated heterocycles. The van der Waals surface area contributed by atoms with Crippen molar-refractivity contribution in [2.24, 2.45) is 0 Å². The fraction of sp³-hybridized carbons (Fsp3) is 0.143. The predicted octanol–water partition coefficient (Wildman–Crippen LogP) is 1.62. The number of carboxylic acids is 1. The summed E-state index contributed by atoms with van der Waals surface area (Å²) in [6.45, 7) is 0. The molecule has 3 rings (SSSR count). The van der Waals surface area contributed by atoms with Crippen molar-refractivity contribution in [2.45, 2.75) is 0 Å². The first-order chi connectivity index (χ1) is 11.1. The highest BCUT2D eigenvalue weighted by Gasteiger charge is 2.16. The van der Waals surface area contributed by atoms with Crippen LogP contribution in [0.3, 0.4) is 0 Å². The second kappa shape index (κ2) is 5.79. The first-order valence-electron chi connectivity index (χ1n) is 6.70. The quantitative estimate of drug-likeness (QED) is 0.651. The van der Waals surface area contributed by atoms with E-state index in [9.17, 15) is 9.90 Å². The number of carboxylic acid groups (broad SMARTS) is 1. The zero-order valence-corrected chi connectivity index (χ0v) is 12.4. The summed E-state index contributed by atoms with van der Waals surface area (Å²) in [5.41, 5.74) is 0.864. The molecule has 0 spiro atoms. The van der Waals surface area contributed by atoms with Crippen LogP contribution in [-0.2, 0) is 0 Å². The van der Waals surface area contributed by atoms with Gasteiger partial charge >= 0.3 is 5.97 Å². The number of hydrogen-bond acceptors (Lipinski definition) is 7. The lowest BCUT2D eigenvalue weighted by molar-refractivity contribution is 0.0699. The Balaban J connectivity index is 2.10. The van der Waals surface area contributed by atoms with Crippen LogP contribution in [0.5, 0.6) is 5.88 Å². The van der Waals surface area contributed by atoms with Gasteiger partial charge in [0, 0.05) is 19.3 Å². The zero-order valence-electron chi connectivity index (χ0n) is 12.4. The first kappa shape index (κ1) is 14.6. The molecule has 0 unspecified atom stereocenters. The van der Waals surface area contributed by atoms with Gasteiger partial charge in [-0.15, -0.1) is 0 Å². The van der Waals surface area contributed by atoms with E-state index in [4.69, 9.17) is 4.74 Å². The van der Waals surface area contributed by atoms with E-state index in [2.05, 4.69) is 25.7 Å². The minimum atomic E-state index is -1.09. The minimum absolute atomic E-state index is 0.0169. The molecule has 3 aromatic rings. The second-order valence-corrected chi connectivity index (χ2v) is 4.56. The standard InChI is InChI=1S/C14H14N6O3/c1-15-11-6-10(18-9-4-3-5-16-13(9)23-2)19-12-8(14(21)22)7-17-20(11)12/h3-7,15H,1-2H3,(H,18,19)(H,21,22). The van der Waals surface area contributed by atoms with Gasteiger partial charge in [-0.25, -0.2) is 14.8 Å². The summed E-state index contributed by atoms with van der Waals surface area (Å²) in [5.74, 6) is 0.349. The number of anilines is 3. The molecule has 0 radical (unpaired) electrons. The van der Waals surface area contributed by atoms with Crippen molar-refractivity contribution >= 4 is 28.9 Å². The molecule has 3 heterocycles. The highest BCUT2D eigenvalue weighted by atomic mass is 16.5. The smallest absolute Gasteiger partial charge is 0.341 e. The van der Waals surface area contributed by atoms with Crippen LogP contribution in [0.1, 0.15) is 10.4 Å². The number of fused-ring (bicyclic) bond motifs is 1. The predicted molar refractivity (Wildman–Crippen MR) is 83.6 cm³/mol. The average molecular weight is 314 g/mol. The Morgan fingerprint density at radius 2 is 2.26 bits per heavy atom. The number of hydrogen-bond donors (Lipinski definition) is 3. The first-order valence-corrected chi connectivity index (χ1v) is 6.70. The van der Waals surface area contributed by atoms with Gasteiger partial charge in [-0.3, -0.25) is 0 Å². The van der Waals surface area contributed by atoms with Crippen molar-refractivity contribution in [3.8, 4) is 5.88 Å². The summed E-state index contributed by atoms with van der Waals surface area (Å²) in [5, 5.41) is 19.3. The van der Waals surface area contributed by atoms with E-state index in [0.29, 0.717) is 23.2 Å². The number of ether oxygens (including phenoxy) is 1. The molecule has 3 N–H and O–H groups in total. The van der Waals surface area contributed by atoms with Gasteiger partial charge in [-0.2, -0.15) is 9.61 Å². The van der Waals surface area contributed by atoms with E-state index in [-0.39, 0.29) is 11.2 Å². The second-order valence-electron chi connectivity index (χ2n) is 4.56. The van der Waals surface area contributed by atoms with Gasteiger partial charge in [-0.05, 0) is 12.1 Å². The number of nitrogens with one attached hydrogen (secondary N) is 2. The van der Waals surface area contributed by atoms with Crippen molar-refractivity contribution in [3.63, 3.8) is 0 Å². The molecule has 0 aromatic carbocycles. The number of nitrogens with zero attached hydrogens (tertiary/aromatic N) is 4. The summed E-state index contributed by atoms with van der Waals surface area (Å²) in [6, 6.07) is 5.24. The molecular weight excluding hydrogens is 300 g/mol. The fourth-order valence-electron chi connectivity index (χ4n) is 2.14. The molecule has 3 aromatic heterocycles. The molecule has 118 valence electrons. The maximum Gasteiger partial charge on any atom is 0.341 e. The molecule has 0 saturated carbocycles. The molecule has 0 bridgehead atoms. The van der Waals surface area contributed by atoms with Gasteiger partial charge in [-0.1, -0.05) is 0 Å². The van der Waals surface area contributed by atoms with Crippen LogP contribution in [0.2, 0.25) is 0 Å². The van der Waals surface area contributed by atoms with Gasteiger partial charge in [0.15, 0.2) is 5.65 Å². The molecule has 9 heteroatoms. The maximum absolute atomic E-state index is 11.3. The molecular formula is C14H14N6O3. The molecule has 0 aliphatic carbocycles. The third-order valence-corrected chi connectivity index (χ3v) is 3.19. The van der Waals surface area contributed by atoms with Crippen LogP contribution >= 0.6 is 0 Å². The Morgan fingerprint density at radius 3 is 2.96 bits per heavy atom. The third kappa shape index (κ3) is 2.59. The van der Waals surface area contributed by atoms with Gasteiger partial charge in [0.1, 0.15) is 22.9 Å². The van der Waals surface area contributed by atoms with Crippen LogP contribution in [0.15, 0.2) is 30.6 Å². The zero-order chi connectivity index (χ0) is 16.4. The van der Waals surface area contributed by atoms with Crippen LogP contribution in [-0.4, -0.2) is 44.8 Å².